The van der Waals surface area contributed by atoms with Gasteiger partial charge >= 0.3 is 12.1 Å². The van der Waals surface area contributed by atoms with Crippen molar-refractivity contribution in [3.63, 3.8) is 0 Å². The van der Waals surface area contributed by atoms with Gasteiger partial charge in [0.05, 0.1) is 10.6 Å². The number of benzene rings is 1. The summed E-state index contributed by atoms with van der Waals surface area (Å²) in [6.07, 6.45) is -7.49. The number of rotatable bonds is 5. The van der Waals surface area contributed by atoms with Crippen LogP contribution in [0.25, 0.3) is 11.3 Å². The summed E-state index contributed by atoms with van der Waals surface area (Å²) in [6, 6.07) is 3.73. The molecule has 0 unspecified atom stereocenters. The topological polar surface area (TPSA) is 138 Å². The van der Waals surface area contributed by atoms with Gasteiger partial charge in [0.1, 0.15) is 12.0 Å². The lowest BCUT2D eigenvalue weighted by atomic mass is 9.79. The summed E-state index contributed by atoms with van der Waals surface area (Å²) >= 11 is 0. The molecule has 1 heterocycles. The first-order chi connectivity index (χ1) is 15.6. The van der Waals surface area contributed by atoms with Crippen molar-refractivity contribution in [3.05, 3.63) is 35.0 Å². The highest BCUT2D eigenvalue weighted by Gasteiger charge is 2.46. The van der Waals surface area contributed by atoms with E-state index in [4.69, 9.17) is 4.52 Å². The van der Waals surface area contributed by atoms with E-state index in [1.807, 2.05) is 0 Å². The molecule has 0 aliphatic heterocycles. The Morgan fingerprint density at radius 2 is 1.71 bits per heavy atom. The van der Waals surface area contributed by atoms with Crippen molar-refractivity contribution < 1.29 is 50.0 Å². The van der Waals surface area contributed by atoms with Crippen molar-refractivity contribution in [3.8, 4) is 11.3 Å². The number of carbonyl (C=O) groups is 4. The number of aromatic nitrogens is 1. The Morgan fingerprint density at radius 3 is 2.18 bits per heavy atom. The molecule has 1 aromatic heterocycles. The minimum atomic E-state index is -5.30. The highest BCUT2D eigenvalue weighted by atomic mass is 32.2. The molecule has 3 rings (SSSR count). The second-order valence-corrected chi connectivity index (χ2v) is 9.86. The van der Waals surface area contributed by atoms with Gasteiger partial charge in [0, 0.05) is 36.3 Å². The van der Waals surface area contributed by atoms with Crippen LogP contribution in [0.1, 0.15) is 34.5 Å². The summed E-state index contributed by atoms with van der Waals surface area (Å²) < 4.78 is 71.2. The third-order valence-electron chi connectivity index (χ3n) is 5.24. The number of hydrogen-bond donors (Lipinski definition) is 0. The maximum atomic E-state index is 13.2. The summed E-state index contributed by atoms with van der Waals surface area (Å²) in [7, 11) is -3.79. The minimum absolute atomic E-state index is 0.0293. The lowest BCUT2D eigenvalue weighted by molar-refractivity contribution is -0.205. The SMILES string of the molecule is Cc1cc(-c2c(S(C)(=O)=O)ccc(C(=O)C3C(=O)CC(OC(=O)C(F)(F)F)CC3=O)c2C)on1. The lowest BCUT2D eigenvalue weighted by Gasteiger charge is -2.26. The van der Waals surface area contributed by atoms with E-state index in [0.717, 1.165) is 18.4 Å². The molecular formula is C21H18F3NO8S. The van der Waals surface area contributed by atoms with E-state index in [9.17, 15) is 40.8 Å². The zero-order valence-corrected chi connectivity index (χ0v) is 18.9. The Hall–Kier alpha value is -3.35. The van der Waals surface area contributed by atoms with Crippen molar-refractivity contribution >= 4 is 33.2 Å². The fraction of sp³-hybridized carbons (Fsp3) is 0.381. The van der Waals surface area contributed by atoms with E-state index in [2.05, 4.69) is 9.89 Å². The first kappa shape index (κ1) is 25.3. The number of ketones is 3. The highest BCUT2D eigenvalue weighted by molar-refractivity contribution is 7.90. The molecule has 9 nitrogen and oxygen atoms in total. The molecule has 182 valence electrons. The van der Waals surface area contributed by atoms with Crippen LogP contribution in [0.3, 0.4) is 0 Å². The molecule has 13 heteroatoms. The molecule has 0 atom stereocenters. The summed E-state index contributed by atoms with van der Waals surface area (Å²) in [5, 5.41) is 3.71. The van der Waals surface area contributed by atoms with Crippen LogP contribution >= 0.6 is 0 Å². The minimum Gasteiger partial charge on any atom is -0.455 e. The van der Waals surface area contributed by atoms with Crippen LogP contribution in [0.2, 0.25) is 0 Å². The van der Waals surface area contributed by atoms with E-state index < -0.39 is 64.2 Å². The molecule has 2 aromatic rings. The molecular weight excluding hydrogens is 483 g/mol. The fourth-order valence-electron chi connectivity index (χ4n) is 3.74. The Kier molecular flexibility index (Phi) is 6.53. The Bertz CT molecular complexity index is 1290. The van der Waals surface area contributed by atoms with Gasteiger partial charge in [-0.05, 0) is 31.5 Å². The van der Waals surface area contributed by atoms with Gasteiger partial charge in [0.15, 0.2) is 32.9 Å². The van der Waals surface area contributed by atoms with E-state index in [1.165, 1.54) is 13.0 Å². The number of ether oxygens (including phenoxy) is 1. The number of hydrogen-bond acceptors (Lipinski definition) is 9. The van der Waals surface area contributed by atoms with Crippen molar-refractivity contribution in [2.45, 2.75) is 43.9 Å². The van der Waals surface area contributed by atoms with Gasteiger partial charge in [-0.3, -0.25) is 14.4 Å². The number of Topliss-reactive ketones (excluding diaryl/α,β-unsaturated/α-hetero) is 3. The Balaban J connectivity index is 1.97. The van der Waals surface area contributed by atoms with Gasteiger partial charge in [0.2, 0.25) is 0 Å². The van der Waals surface area contributed by atoms with Gasteiger partial charge in [0.25, 0.3) is 0 Å². The fourth-order valence-corrected chi connectivity index (χ4v) is 4.68. The summed E-state index contributed by atoms with van der Waals surface area (Å²) in [4.78, 5) is 49.0. The van der Waals surface area contributed by atoms with E-state index in [1.54, 1.807) is 6.92 Å². The van der Waals surface area contributed by atoms with Crippen LogP contribution in [0.5, 0.6) is 0 Å². The van der Waals surface area contributed by atoms with Crippen LogP contribution in [0.15, 0.2) is 27.6 Å². The van der Waals surface area contributed by atoms with Crippen LogP contribution in [-0.4, -0.2) is 55.4 Å². The normalized spacial score (nSPS) is 19.2. The van der Waals surface area contributed by atoms with Gasteiger partial charge in [-0.2, -0.15) is 13.2 Å². The number of alkyl halides is 3. The Morgan fingerprint density at radius 1 is 1.12 bits per heavy atom. The number of nitrogens with zero attached hydrogens (tertiary/aromatic N) is 1. The molecule has 1 aliphatic carbocycles. The Labute approximate surface area is 191 Å². The van der Waals surface area contributed by atoms with Crippen molar-refractivity contribution in [2.24, 2.45) is 5.92 Å². The molecule has 0 amide bonds. The summed E-state index contributed by atoms with van der Waals surface area (Å²) in [5.74, 6) is -7.29. The van der Waals surface area contributed by atoms with Crippen LogP contribution in [-0.2, 0) is 29.0 Å². The predicted molar refractivity (Wildman–Crippen MR) is 108 cm³/mol. The summed E-state index contributed by atoms with van der Waals surface area (Å²) in [5.41, 5.74) is 0.425. The average Bonchev–Trinajstić information content (AvgIpc) is 3.11. The molecule has 0 spiro atoms. The van der Waals surface area contributed by atoms with Crippen LogP contribution in [0.4, 0.5) is 13.2 Å². The van der Waals surface area contributed by atoms with E-state index in [0.29, 0.717) is 5.69 Å². The average molecular weight is 501 g/mol. The van der Waals surface area contributed by atoms with Crippen molar-refractivity contribution in [2.75, 3.05) is 6.26 Å². The van der Waals surface area contributed by atoms with E-state index >= 15 is 0 Å². The molecule has 0 N–H and O–H groups in total. The number of halogens is 3. The largest absolute Gasteiger partial charge is 0.490 e. The molecule has 1 aromatic carbocycles. The molecule has 0 saturated heterocycles. The van der Waals surface area contributed by atoms with Crippen LogP contribution in [0, 0.1) is 19.8 Å². The summed E-state index contributed by atoms with van der Waals surface area (Å²) in [6.45, 7) is 3.00. The van der Waals surface area contributed by atoms with Gasteiger partial charge in [-0.15, -0.1) is 0 Å². The third kappa shape index (κ3) is 4.93. The first-order valence-corrected chi connectivity index (χ1v) is 11.6. The third-order valence-corrected chi connectivity index (χ3v) is 6.37. The second kappa shape index (κ2) is 8.78. The maximum absolute atomic E-state index is 13.2. The zero-order valence-electron chi connectivity index (χ0n) is 18.1. The van der Waals surface area contributed by atoms with Crippen LogP contribution < -0.4 is 0 Å². The second-order valence-electron chi connectivity index (χ2n) is 7.88. The molecule has 1 aliphatic rings. The molecule has 34 heavy (non-hydrogen) atoms. The maximum Gasteiger partial charge on any atom is 0.490 e. The van der Waals surface area contributed by atoms with Gasteiger partial charge in [-0.25, -0.2) is 13.2 Å². The van der Waals surface area contributed by atoms with Crippen molar-refractivity contribution in [1.29, 1.82) is 0 Å². The predicted octanol–water partition coefficient (Wildman–Crippen LogP) is 2.57. The lowest BCUT2D eigenvalue weighted by Crippen LogP contribution is -2.43. The number of aryl methyl sites for hydroxylation is 1. The quantitative estimate of drug-likeness (QED) is 0.344. The van der Waals surface area contributed by atoms with E-state index in [-0.39, 0.29) is 27.3 Å². The molecule has 1 saturated carbocycles. The first-order valence-electron chi connectivity index (χ1n) is 9.76. The van der Waals surface area contributed by atoms with Gasteiger partial charge < -0.3 is 9.26 Å². The smallest absolute Gasteiger partial charge is 0.455 e. The molecule has 1 fully saturated rings. The number of sulfone groups is 1. The molecule has 0 bridgehead atoms. The monoisotopic (exact) mass is 501 g/mol. The van der Waals surface area contributed by atoms with Gasteiger partial charge in [-0.1, -0.05) is 5.16 Å². The van der Waals surface area contributed by atoms with Crippen molar-refractivity contribution in [1.82, 2.24) is 5.16 Å². The standard InChI is InChI=1S/C21H18F3NO8S/c1-9-6-15(33-25-9)17-10(2)12(4-5-16(17)34(3,30)31)19(28)18-13(26)7-11(8-14(18)27)32-20(29)21(22,23)24/h4-6,11,18H,7-8H2,1-3H3. The molecule has 0 radical (unpaired) electrons. The highest BCUT2D eigenvalue weighted by Crippen LogP contribution is 2.35. The number of esters is 1. The zero-order chi connectivity index (χ0) is 25.6. The number of carbonyl (C=O) groups excluding carboxylic acids is 4.